The summed E-state index contributed by atoms with van der Waals surface area (Å²) in [5, 5.41) is 7.19. The Labute approximate surface area is 175 Å². The molecule has 1 fully saturated rings. The Balaban J connectivity index is 1.65. The fraction of sp³-hybridized carbons (Fsp3) is 0.391. The number of aryl methyl sites for hydroxylation is 1. The van der Waals surface area contributed by atoms with Crippen LogP contribution in [-0.4, -0.2) is 36.3 Å². The molecule has 0 radical (unpaired) electrons. The number of anilines is 2. The molecule has 7 heteroatoms. The molecular formula is C23H27FN4O2. The van der Waals surface area contributed by atoms with Gasteiger partial charge in [-0.1, -0.05) is 6.07 Å². The van der Waals surface area contributed by atoms with Crippen molar-refractivity contribution in [2.24, 2.45) is 5.92 Å². The van der Waals surface area contributed by atoms with E-state index in [1.807, 2.05) is 25.1 Å². The second-order valence-corrected chi connectivity index (χ2v) is 7.76. The highest BCUT2D eigenvalue weighted by atomic mass is 19.1. The first-order chi connectivity index (χ1) is 14.5. The molecule has 0 saturated carbocycles. The average molecular weight is 410 g/mol. The van der Waals surface area contributed by atoms with Crippen LogP contribution < -0.4 is 20.1 Å². The molecule has 2 heterocycles. The average Bonchev–Trinajstić information content (AvgIpc) is 2.76. The Morgan fingerprint density at radius 2 is 1.93 bits per heavy atom. The maximum Gasteiger partial charge on any atom is 0.163 e. The normalized spacial score (nSPS) is 15.7. The number of hydrogen-bond acceptors (Lipinski definition) is 6. The second-order valence-electron chi connectivity index (χ2n) is 7.76. The molecule has 6 nitrogen and oxygen atoms in total. The lowest BCUT2D eigenvalue weighted by atomic mass is 9.93. The minimum Gasteiger partial charge on any atom is -0.493 e. The smallest absolute Gasteiger partial charge is 0.163 e. The highest BCUT2D eigenvalue weighted by Gasteiger charge is 2.23. The van der Waals surface area contributed by atoms with E-state index in [2.05, 4.69) is 27.5 Å². The van der Waals surface area contributed by atoms with Crippen molar-refractivity contribution in [3.05, 3.63) is 48.0 Å². The summed E-state index contributed by atoms with van der Waals surface area (Å²) in [4.78, 5) is 8.70. The molecule has 0 bridgehead atoms. The Morgan fingerprint density at radius 1 is 1.13 bits per heavy atom. The minimum absolute atomic E-state index is 0.0690. The number of nitrogens with zero attached hydrogens (tertiary/aromatic N) is 2. The predicted molar refractivity (Wildman–Crippen MR) is 116 cm³/mol. The van der Waals surface area contributed by atoms with Gasteiger partial charge in [0.05, 0.1) is 24.4 Å². The lowest BCUT2D eigenvalue weighted by Gasteiger charge is -2.29. The van der Waals surface area contributed by atoms with E-state index >= 15 is 0 Å². The molecule has 2 aromatic carbocycles. The van der Waals surface area contributed by atoms with E-state index < -0.39 is 0 Å². The topological polar surface area (TPSA) is 68.3 Å². The Morgan fingerprint density at radius 3 is 2.67 bits per heavy atom. The Kier molecular flexibility index (Phi) is 5.99. The van der Waals surface area contributed by atoms with Crippen molar-refractivity contribution in [3.63, 3.8) is 0 Å². The zero-order valence-corrected chi connectivity index (χ0v) is 17.5. The van der Waals surface area contributed by atoms with Gasteiger partial charge in [0.2, 0.25) is 0 Å². The van der Waals surface area contributed by atoms with Crippen molar-refractivity contribution in [1.29, 1.82) is 0 Å². The largest absolute Gasteiger partial charge is 0.493 e. The fourth-order valence-corrected chi connectivity index (χ4v) is 3.87. The molecule has 0 spiro atoms. The Hall–Kier alpha value is -2.93. The molecule has 1 aromatic heterocycles. The number of piperidine rings is 1. The van der Waals surface area contributed by atoms with Gasteiger partial charge in [0.1, 0.15) is 18.0 Å². The van der Waals surface area contributed by atoms with Gasteiger partial charge in [-0.3, -0.25) is 0 Å². The second kappa shape index (κ2) is 8.83. The number of ether oxygens (including phenoxy) is 2. The summed E-state index contributed by atoms with van der Waals surface area (Å²) >= 11 is 0. The van der Waals surface area contributed by atoms with Crippen LogP contribution in [0.4, 0.5) is 15.9 Å². The SMILES string of the molecule is COc1cc2c(Nc3ccc(C)cc3F)ncnc2cc1OC(C)C1CCNCC1. The van der Waals surface area contributed by atoms with Gasteiger partial charge < -0.3 is 20.1 Å². The molecule has 1 unspecified atom stereocenters. The van der Waals surface area contributed by atoms with E-state index in [1.165, 1.54) is 12.4 Å². The summed E-state index contributed by atoms with van der Waals surface area (Å²) in [6.07, 6.45) is 3.72. The molecule has 4 rings (SSSR count). The molecule has 1 aliphatic rings. The van der Waals surface area contributed by atoms with E-state index in [0.29, 0.717) is 34.4 Å². The van der Waals surface area contributed by atoms with Gasteiger partial charge in [0, 0.05) is 11.5 Å². The van der Waals surface area contributed by atoms with Gasteiger partial charge in [-0.2, -0.15) is 0 Å². The number of nitrogens with one attached hydrogen (secondary N) is 2. The summed E-state index contributed by atoms with van der Waals surface area (Å²) in [5.74, 6) is 1.94. The van der Waals surface area contributed by atoms with Gasteiger partial charge in [0.25, 0.3) is 0 Å². The molecule has 1 aliphatic heterocycles. The number of fused-ring (bicyclic) bond motifs is 1. The van der Waals surface area contributed by atoms with E-state index in [0.717, 1.165) is 36.9 Å². The summed E-state index contributed by atoms with van der Waals surface area (Å²) in [6, 6.07) is 8.75. The number of hydrogen-bond donors (Lipinski definition) is 2. The monoisotopic (exact) mass is 410 g/mol. The third kappa shape index (κ3) is 4.31. The van der Waals surface area contributed by atoms with Crippen molar-refractivity contribution in [2.45, 2.75) is 32.8 Å². The van der Waals surface area contributed by atoms with E-state index in [4.69, 9.17) is 9.47 Å². The highest BCUT2D eigenvalue weighted by molar-refractivity contribution is 5.93. The van der Waals surface area contributed by atoms with Crippen molar-refractivity contribution in [3.8, 4) is 11.5 Å². The van der Waals surface area contributed by atoms with Crippen LogP contribution in [0.3, 0.4) is 0 Å². The first-order valence-corrected chi connectivity index (χ1v) is 10.3. The lowest BCUT2D eigenvalue weighted by Crippen LogP contribution is -2.35. The number of methoxy groups -OCH3 is 1. The molecule has 158 valence electrons. The van der Waals surface area contributed by atoms with Crippen LogP contribution in [0, 0.1) is 18.7 Å². The fourth-order valence-electron chi connectivity index (χ4n) is 3.87. The molecule has 30 heavy (non-hydrogen) atoms. The third-order valence-electron chi connectivity index (χ3n) is 5.66. The lowest BCUT2D eigenvalue weighted by molar-refractivity contribution is 0.124. The van der Waals surface area contributed by atoms with Crippen LogP contribution in [0.5, 0.6) is 11.5 Å². The quantitative estimate of drug-likeness (QED) is 0.619. The molecule has 2 N–H and O–H groups in total. The van der Waals surface area contributed by atoms with Gasteiger partial charge in [-0.15, -0.1) is 0 Å². The minimum atomic E-state index is -0.329. The molecule has 0 aliphatic carbocycles. The van der Waals surface area contributed by atoms with E-state index in [1.54, 1.807) is 13.2 Å². The summed E-state index contributed by atoms with van der Waals surface area (Å²) in [5.41, 5.74) is 1.92. The molecular weight excluding hydrogens is 383 g/mol. The van der Waals surface area contributed by atoms with Gasteiger partial charge in [0.15, 0.2) is 11.5 Å². The summed E-state index contributed by atoms with van der Waals surface area (Å²) in [7, 11) is 1.61. The van der Waals surface area contributed by atoms with Gasteiger partial charge in [-0.05, 0) is 69.5 Å². The standard InChI is InChI=1S/C23H27FN4O2/c1-14-4-5-19(18(24)10-14)28-23-17-11-21(29-3)22(12-20(17)26-13-27-23)30-15(2)16-6-8-25-9-7-16/h4-5,10-13,15-16,25H,6-9H2,1-3H3,(H,26,27,28). The molecule has 1 atom stereocenters. The molecule has 3 aromatic rings. The van der Waals surface area contributed by atoms with Crippen molar-refractivity contribution >= 4 is 22.4 Å². The predicted octanol–water partition coefficient (Wildman–Crippen LogP) is 4.60. The van der Waals surface area contributed by atoms with Crippen molar-refractivity contribution < 1.29 is 13.9 Å². The van der Waals surface area contributed by atoms with Crippen molar-refractivity contribution in [1.82, 2.24) is 15.3 Å². The zero-order valence-electron chi connectivity index (χ0n) is 17.5. The summed E-state index contributed by atoms with van der Waals surface area (Å²) in [6.45, 7) is 5.99. The maximum atomic E-state index is 14.3. The van der Waals surface area contributed by atoms with Crippen LogP contribution in [-0.2, 0) is 0 Å². The molecule has 1 saturated heterocycles. The first kappa shape index (κ1) is 20.3. The van der Waals surface area contributed by atoms with Gasteiger partial charge in [-0.25, -0.2) is 14.4 Å². The van der Waals surface area contributed by atoms with Gasteiger partial charge >= 0.3 is 0 Å². The van der Waals surface area contributed by atoms with E-state index in [9.17, 15) is 4.39 Å². The number of halogens is 1. The van der Waals surface area contributed by atoms with Crippen LogP contribution in [0.25, 0.3) is 10.9 Å². The van der Waals surface area contributed by atoms with Crippen LogP contribution in [0.15, 0.2) is 36.7 Å². The Bertz CT molecular complexity index is 1040. The maximum absolute atomic E-state index is 14.3. The van der Waals surface area contributed by atoms with Crippen LogP contribution in [0.2, 0.25) is 0 Å². The first-order valence-electron chi connectivity index (χ1n) is 10.3. The third-order valence-corrected chi connectivity index (χ3v) is 5.66. The summed E-state index contributed by atoms with van der Waals surface area (Å²) < 4.78 is 26.2. The van der Waals surface area contributed by atoms with E-state index in [-0.39, 0.29) is 11.9 Å². The zero-order chi connectivity index (χ0) is 21.1. The molecule has 0 amide bonds. The van der Waals surface area contributed by atoms with Crippen molar-refractivity contribution in [2.75, 3.05) is 25.5 Å². The highest BCUT2D eigenvalue weighted by Crippen LogP contribution is 2.36. The van der Waals surface area contributed by atoms with Crippen LogP contribution in [0.1, 0.15) is 25.3 Å². The number of benzene rings is 2. The number of rotatable bonds is 6. The van der Waals surface area contributed by atoms with Crippen LogP contribution >= 0.6 is 0 Å². The number of aromatic nitrogens is 2.